The first kappa shape index (κ1) is 19.1. The van der Waals surface area contributed by atoms with Crippen molar-refractivity contribution < 1.29 is 18.9 Å². The van der Waals surface area contributed by atoms with E-state index in [0.717, 1.165) is 12.8 Å². The van der Waals surface area contributed by atoms with E-state index in [-0.39, 0.29) is 0 Å². The van der Waals surface area contributed by atoms with Gasteiger partial charge in [-0.2, -0.15) is 0 Å². The van der Waals surface area contributed by atoms with Gasteiger partial charge in [-0.3, -0.25) is 4.52 Å². The molecule has 0 spiro atoms. The Labute approximate surface area is 118 Å². The zero-order valence-electron chi connectivity index (χ0n) is 12.7. The number of phosphoric acid groups is 1. The van der Waals surface area contributed by atoms with Gasteiger partial charge in [-0.25, -0.2) is 4.57 Å². The average molecular weight is 294 g/mol. The molecule has 0 saturated heterocycles. The average Bonchev–Trinajstić information content (AvgIpc) is 2.23. The molecule has 0 saturated carbocycles. The lowest BCUT2D eigenvalue weighted by Crippen LogP contribution is -2.22. The Bertz CT molecular complexity index is 260. The van der Waals surface area contributed by atoms with E-state index in [0.29, 0.717) is 6.42 Å². The van der Waals surface area contributed by atoms with Gasteiger partial charge in [0.05, 0.1) is 5.60 Å². The molecule has 2 N–H and O–H groups in total. The molecule has 0 heterocycles. The maximum absolute atomic E-state index is 10.8. The lowest BCUT2D eigenvalue weighted by Gasteiger charge is -2.25. The number of hydrogen-bond acceptors (Lipinski definition) is 2. The van der Waals surface area contributed by atoms with Crippen LogP contribution in [0.1, 0.15) is 85.0 Å². The van der Waals surface area contributed by atoms with E-state index in [4.69, 9.17) is 14.3 Å². The van der Waals surface area contributed by atoms with Crippen molar-refractivity contribution in [1.82, 2.24) is 0 Å². The van der Waals surface area contributed by atoms with E-state index < -0.39 is 13.4 Å². The monoisotopic (exact) mass is 294 g/mol. The highest BCUT2D eigenvalue weighted by Gasteiger charge is 2.28. The van der Waals surface area contributed by atoms with Gasteiger partial charge in [0.25, 0.3) is 0 Å². The van der Waals surface area contributed by atoms with Crippen LogP contribution in [0.25, 0.3) is 0 Å². The molecule has 0 aromatic carbocycles. The van der Waals surface area contributed by atoms with E-state index in [2.05, 4.69) is 6.92 Å². The van der Waals surface area contributed by atoms with Crippen LogP contribution in [0.5, 0.6) is 0 Å². The first-order valence-corrected chi connectivity index (χ1v) is 9.06. The van der Waals surface area contributed by atoms with E-state index in [1.165, 1.54) is 44.9 Å². The summed E-state index contributed by atoms with van der Waals surface area (Å²) in [6, 6.07) is 0. The number of hydrogen-bond donors (Lipinski definition) is 2. The summed E-state index contributed by atoms with van der Waals surface area (Å²) in [4.78, 5) is 17.6. The summed E-state index contributed by atoms with van der Waals surface area (Å²) < 4.78 is 15.5. The van der Waals surface area contributed by atoms with Crippen LogP contribution in [0, 0.1) is 0 Å². The molecule has 0 amide bonds. The van der Waals surface area contributed by atoms with E-state index in [1.54, 1.807) is 13.8 Å². The molecular weight excluding hydrogens is 263 g/mol. The largest absolute Gasteiger partial charge is 0.470 e. The minimum Gasteiger partial charge on any atom is -0.303 e. The third kappa shape index (κ3) is 14.3. The van der Waals surface area contributed by atoms with Crippen molar-refractivity contribution >= 4 is 7.82 Å². The summed E-state index contributed by atoms with van der Waals surface area (Å²) in [5, 5.41) is 0. The first-order chi connectivity index (χ1) is 8.77. The highest BCUT2D eigenvalue weighted by Crippen LogP contribution is 2.42. The fourth-order valence-electron chi connectivity index (χ4n) is 2.23. The molecule has 0 aromatic rings. The molecule has 0 aliphatic heterocycles. The van der Waals surface area contributed by atoms with Crippen LogP contribution < -0.4 is 0 Å². The highest BCUT2D eigenvalue weighted by molar-refractivity contribution is 7.46. The Morgan fingerprint density at radius 3 is 1.74 bits per heavy atom. The molecule has 0 bridgehead atoms. The lowest BCUT2D eigenvalue weighted by atomic mass is 9.99. The third-order valence-corrected chi connectivity index (χ3v) is 3.98. The van der Waals surface area contributed by atoms with Crippen molar-refractivity contribution in [1.29, 1.82) is 0 Å². The van der Waals surface area contributed by atoms with Crippen LogP contribution in [-0.4, -0.2) is 15.4 Å². The molecule has 0 unspecified atom stereocenters. The summed E-state index contributed by atoms with van der Waals surface area (Å²) in [6.07, 6.45) is 11.9. The fraction of sp³-hybridized carbons (Fsp3) is 1.00. The van der Waals surface area contributed by atoms with Crippen LogP contribution >= 0.6 is 7.82 Å². The molecule has 0 fully saturated rings. The first-order valence-electron chi connectivity index (χ1n) is 7.53. The predicted octanol–water partition coefficient (Wildman–Crippen LogP) is 4.80. The van der Waals surface area contributed by atoms with E-state index in [1.807, 2.05) is 0 Å². The van der Waals surface area contributed by atoms with Crippen molar-refractivity contribution in [2.45, 2.75) is 90.6 Å². The van der Waals surface area contributed by atoms with Gasteiger partial charge in [0.15, 0.2) is 0 Å². The summed E-state index contributed by atoms with van der Waals surface area (Å²) in [6.45, 7) is 5.69. The van der Waals surface area contributed by atoms with Gasteiger partial charge in [0.2, 0.25) is 0 Å². The molecule has 0 atom stereocenters. The second kappa shape index (κ2) is 9.93. The van der Waals surface area contributed by atoms with Gasteiger partial charge in [0.1, 0.15) is 0 Å². The Hall–Kier alpha value is 0.110. The maximum atomic E-state index is 10.8. The Kier molecular flexibility index (Phi) is 9.98. The lowest BCUT2D eigenvalue weighted by molar-refractivity contribution is 0.0557. The van der Waals surface area contributed by atoms with Gasteiger partial charge in [-0.15, -0.1) is 0 Å². The minimum atomic E-state index is -4.36. The number of rotatable bonds is 12. The topological polar surface area (TPSA) is 66.8 Å². The summed E-state index contributed by atoms with van der Waals surface area (Å²) >= 11 is 0. The predicted molar refractivity (Wildman–Crippen MR) is 79.1 cm³/mol. The van der Waals surface area contributed by atoms with Crippen molar-refractivity contribution in [2.24, 2.45) is 0 Å². The van der Waals surface area contributed by atoms with E-state index >= 15 is 0 Å². The molecule has 0 aliphatic rings. The number of unbranched alkanes of at least 4 members (excludes halogenated alkanes) is 8. The van der Waals surface area contributed by atoms with Gasteiger partial charge in [-0.05, 0) is 20.3 Å². The van der Waals surface area contributed by atoms with Crippen LogP contribution in [0.4, 0.5) is 0 Å². The quantitative estimate of drug-likeness (QED) is 0.401. The van der Waals surface area contributed by atoms with Crippen molar-refractivity contribution in [2.75, 3.05) is 0 Å². The Balaban J connectivity index is 3.45. The zero-order chi connectivity index (χ0) is 14.8. The molecule has 19 heavy (non-hydrogen) atoms. The molecule has 0 aliphatic carbocycles. The summed E-state index contributed by atoms with van der Waals surface area (Å²) in [5.74, 6) is 0. The highest BCUT2D eigenvalue weighted by atomic mass is 31.2. The second-order valence-corrected chi connectivity index (χ2v) is 7.08. The zero-order valence-corrected chi connectivity index (χ0v) is 13.6. The molecule has 0 rings (SSSR count). The standard InChI is InChI=1S/C14H31O4P/c1-4-5-6-7-8-9-10-11-12-13-14(2,3)18-19(15,16)17/h4-13H2,1-3H3,(H2,15,16,17). The Morgan fingerprint density at radius 2 is 1.32 bits per heavy atom. The molecule has 0 aromatic heterocycles. The SMILES string of the molecule is CCCCCCCCCCCC(C)(C)OP(=O)(O)O. The van der Waals surface area contributed by atoms with Crippen LogP contribution in [0.15, 0.2) is 0 Å². The molecule has 5 heteroatoms. The fourth-order valence-corrected chi connectivity index (χ4v) is 2.96. The van der Waals surface area contributed by atoms with Gasteiger partial charge in [-0.1, -0.05) is 64.7 Å². The molecule has 0 radical (unpaired) electrons. The van der Waals surface area contributed by atoms with Crippen molar-refractivity contribution in [3.05, 3.63) is 0 Å². The summed E-state index contributed by atoms with van der Waals surface area (Å²) in [7, 11) is -4.36. The van der Waals surface area contributed by atoms with Crippen LogP contribution in [0.2, 0.25) is 0 Å². The molecule has 116 valence electrons. The van der Waals surface area contributed by atoms with Gasteiger partial charge in [0, 0.05) is 0 Å². The second-order valence-electron chi connectivity index (χ2n) is 5.92. The number of phosphoric ester groups is 1. The van der Waals surface area contributed by atoms with Gasteiger partial charge >= 0.3 is 7.82 Å². The van der Waals surface area contributed by atoms with E-state index in [9.17, 15) is 4.57 Å². The van der Waals surface area contributed by atoms with Crippen LogP contribution in [-0.2, 0) is 9.09 Å². The third-order valence-electron chi connectivity index (χ3n) is 3.25. The molecule has 4 nitrogen and oxygen atoms in total. The minimum absolute atomic E-state index is 0.688. The van der Waals surface area contributed by atoms with Crippen molar-refractivity contribution in [3.63, 3.8) is 0 Å². The van der Waals surface area contributed by atoms with Gasteiger partial charge < -0.3 is 9.79 Å². The van der Waals surface area contributed by atoms with Crippen LogP contribution in [0.3, 0.4) is 0 Å². The summed E-state index contributed by atoms with van der Waals surface area (Å²) in [5.41, 5.74) is -0.736. The maximum Gasteiger partial charge on any atom is 0.470 e. The molecular formula is C14H31O4P. The normalized spacial score (nSPS) is 12.9. The van der Waals surface area contributed by atoms with Crippen molar-refractivity contribution in [3.8, 4) is 0 Å². The smallest absolute Gasteiger partial charge is 0.303 e. The Morgan fingerprint density at radius 1 is 0.895 bits per heavy atom.